The Balaban J connectivity index is 2.45. The molecule has 0 aliphatic carbocycles. The van der Waals surface area contributed by atoms with Gasteiger partial charge in [-0.05, 0) is 77.3 Å². The summed E-state index contributed by atoms with van der Waals surface area (Å²) in [5.74, 6) is -4.34. The molecule has 0 amide bonds. The quantitative estimate of drug-likeness (QED) is 0.354. The Labute approximate surface area is 223 Å². The van der Waals surface area contributed by atoms with E-state index < -0.39 is 52.6 Å². The van der Waals surface area contributed by atoms with Crippen LogP contribution >= 0.6 is 0 Å². The van der Waals surface area contributed by atoms with Gasteiger partial charge in [-0.15, -0.1) is 0 Å². The van der Waals surface area contributed by atoms with Crippen molar-refractivity contribution in [1.82, 2.24) is 0 Å². The van der Waals surface area contributed by atoms with Crippen molar-refractivity contribution in [3.8, 4) is 11.5 Å². The molecule has 9 nitrogen and oxygen atoms in total. The van der Waals surface area contributed by atoms with Crippen LogP contribution in [0.2, 0.25) is 0 Å². The number of esters is 3. The predicted molar refractivity (Wildman–Crippen MR) is 141 cm³/mol. The number of hydrogen-bond donors (Lipinski definition) is 2. The van der Waals surface area contributed by atoms with E-state index in [9.17, 15) is 24.3 Å². The van der Waals surface area contributed by atoms with Crippen LogP contribution in [0, 0.1) is 16.7 Å². The molecule has 2 aromatic carbocycles. The lowest BCUT2D eigenvalue weighted by molar-refractivity contribution is -0.145. The van der Waals surface area contributed by atoms with E-state index in [0.29, 0.717) is 11.1 Å². The predicted octanol–water partition coefficient (Wildman–Crippen LogP) is 4.58. The smallest absolute Gasteiger partial charge is 0.338 e. The molecule has 0 bridgehead atoms. The lowest BCUT2D eigenvalue weighted by atomic mass is 9.82. The molecule has 2 rings (SSSR count). The topological polar surface area (TPSA) is 142 Å². The summed E-state index contributed by atoms with van der Waals surface area (Å²) >= 11 is 0. The van der Waals surface area contributed by atoms with Crippen LogP contribution in [0.25, 0.3) is 0 Å². The van der Waals surface area contributed by atoms with Gasteiger partial charge >= 0.3 is 23.9 Å². The highest BCUT2D eigenvalue weighted by molar-refractivity contribution is 5.89. The van der Waals surface area contributed by atoms with Crippen molar-refractivity contribution in [3.05, 3.63) is 59.7 Å². The Morgan fingerprint density at radius 1 is 0.842 bits per heavy atom. The fourth-order valence-corrected chi connectivity index (χ4v) is 3.41. The van der Waals surface area contributed by atoms with Gasteiger partial charge in [-0.3, -0.25) is 14.4 Å². The molecule has 0 heterocycles. The Kier molecular flexibility index (Phi) is 9.81. The van der Waals surface area contributed by atoms with Crippen LogP contribution in [0.15, 0.2) is 48.5 Å². The molecule has 9 heteroatoms. The molecule has 0 aliphatic rings. The summed E-state index contributed by atoms with van der Waals surface area (Å²) in [6.45, 7) is 11.7. The van der Waals surface area contributed by atoms with Crippen LogP contribution in [-0.4, -0.2) is 41.6 Å². The number of aliphatic carboxylic acids is 1. The molecule has 3 N–H and O–H groups in total. The van der Waals surface area contributed by atoms with Crippen LogP contribution in [0.1, 0.15) is 70.3 Å². The van der Waals surface area contributed by atoms with Crippen LogP contribution in [-0.2, 0) is 19.1 Å². The monoisotopic (exact) mass is 527 g/mol. The molecule has 0 aliphatic heterocycles. The summed E-state index contributed by atoms with van der Waals surface area (Å²) in [7, 11) is 0. The number of carboxylic acids is 1. The highest BCUT2D eigenvalue weighted by atomic mass is 16.6. The Morgan fingerprint density at radius 2 is 1.37 bits per heavy atom. The lowest BCUT2D eigenvalue weighted by Crippen LogP contribution is -2.40. The first kappa shape index (κ1) is 30.5. The number of carboxylic acid groups (broad SMARTS) is 1. The standard InChI is InChI=1S/C29H37NO8/c1-17(16-36-25(33)18-11-9-8-10-12-18)22(23(30)24(31)32)19-13-14-20(37-26(34)28(2,3)4)21(15-19)38-27(35)29(5,6)7/h8-15,17,22-23H,16,30H2,1-7H3,(H,31,32)/t17-,22?,23-/m0/s1. The van der Waals surface area contributed by atoms with E-state index in [2.05, 4.69) is 0 Å². The van der Waals surface area contributed by atoms with Crippen molar-refractivity contribution < 1.29 is 38.5 Å². The normalized spacial score (nSPS) is 14.1. The van der Waals surface area contributed by atoms with E-state index in [1.165, 1.54) is 12.1 Å². The molecule has 3 atom stereocenters. The molecule has 0 aromatic heterocycles. The van der Waals surface area contributed by atoms with Crippen molar-refractivity contribution in [2.45, 2.75) is 60.4 Å². The molecule has 0 spiro atoms. The number of hydrogen-bond acceptors (Lipinski definition) is 8. The second-order valence-corrected chi connectivity index (χ2v) is 11.3. The highest BCUT2D eigenvalue weighted by Gasteiger charge is 2.34. The van der Waals surface area contributed by atoms with E-state index in [0.717, 1.165) is 0 Å². The molecular weight excluding hydrogens is 490 g/mol. The van der Waals surface area contributed by atoms with Gasteiger partial charge < -0.3 is 25.1 Å². The van der Waals surface area contributed by atoms with Crippen LogP contribution in [0.5, 0.6) is 11.5 Å². The van der Waals surface area contributed by atoms with E-state index in [1.54, 1.807) is 84.9 Å². The minimum atomic E-state index is -1.37. The molecule has 0 saturated carbocycles. The van der Waals surface area contributed by atoms with E-state index in [1.807, 2.05) is 0 Å². The largest absolute Gasteiger partial charge is 0.480 e. The highest BCUT2D eigenvalue weighted by Crippen LogP contribution is 2.37. The van der Waals surface area contributed by atoms with Crippen molar-refractivity contribution in [2.75, 3.05) is 6.61 Å². The first-order valence-electron chi connectivity index (χ1n) is 12.3. The Morgan fingerprint density at radius 3 is 1.87 bits per heavy atom. The van der Waals surface area contributed by atoms with Crippen LogP contribution < -0.4 is 15.2 Å². The lowest BCUT2D eigenvalue weighted by Gasteiger charge is -2.28. The van der Waals surface area contributed by atoms with Gasteiger partial charge in [-0.2, -0.15) is 0 Å². The molecular formula is C29H37NO8. The maximum absolute atomic E-state index is 12.7. The molecule has 1 unspecified atom stereocenters. The third-order valence-corrected chi connectivity index (χ3v) is 5.75. The number of benzene rings is 2. The summed E-state index contributed by atoms with van der Waals surface area (Å²) in [5.41, 5.74) is 5.16. The van der Waals surface area contributed by atoms with Crippen molar-refractivity contribution >= 4 is 23.9 Å². The van der Waals surface area contributed by atoms with E-state index in [4.69, 9.17) is 19.9 Å². The summed E-state index contributed by atoms with van der Waals surface area (Å²) in [5, 5.41) is 9.72. The summed E-state index contributed by atoms with van der Waals surface area (Å²) in [4.78, 5) is 49.6. The number of carbonyl (C=O) groups excluding carboxylic acids is 3. The van der Waals surface area contributed by atoms with E-state index >= 15 is 0 Å². The van der Waals surface area contributed by atoms with Crippen LogP contribution in [0.3, 0.4) is 0 Å². The fourth-order valence-electron chi connectivity index (χ4n) is 3.41. The number of carbonyl (C=O) groups is 4. The first-order chi connectivity index (χ1) is 17.5. The fraction of sp³-hybridized carbons (Fsp3) is 0.448. The van der Waals surface area contributed by atoms with E-state index in [-0.39, 0.29) is 18.1 Å². The minimum absolute atomic E-state index is 0.0112. The zero-order chi connectivity index (χ0) is 28.8. The molecule has 0 fully saturated rings. The number of rotatable bonds is 9. The van der Waals surface area contributed by atoms with Crippen LogP contribution in [0.4, 0.5) is 0 Å². The Bertz CT molecular complexity index is 1160. The van der Waals surface area contributed by atoms with Crippen molar-refractivity contribution in [1.29, 1.82) is 0 Å². The number of nitrogens with two attached hydrogens (primary N) is 1. The van der Waals surface area contributed by atoms with Crippen molar-refractivity contribution in [3.63, 3.8) is 0 Å². The SMILES string of the molecule is C[C@@H](COC(=O)c1ccccc1)C(c1ccc(OC(=O)C(C)(C)C)c(OC(=O)C(C)(C)C)c1)[C@H](N)C(=O)O. The van der Waals surface area contributed by atoms with Gasteiger partial charge in [0, 0.05) is 5.92 Å². The molecule has 206 valence electrons. The van der Waals surface area contributed by atoms with Gasteiger partial charge in [0.05, 0.1) is 23.0 Å². The second kappa shape index (κ2) is 12.2. The zero-order valence-corrected chi connectivity index (χ0v) is 22.9. The average molecular weight is 528 g/mol. The maximum atomic E-state index is 12.7. The van der Waals surface area contributed by atoms with Gasteiger partial charge in [0.15, 0.2) is 11.5 Å². The molecule has 0 saturated heterocycles. The van der Waals surface area contributed by atoms with Gasteiger partial charge in [-0.25, -0.2) is 4.79 Å². The minimum Gasteiger partial charge on any atom is -0.480 e. The summed E-state index contributed by atoms with van der Waals surface area (Å²) < 4.78 is 16.6. The summed E-state index contributed by atoms with van der Waals surface area (Å²) in [6.07, 6.45) is 0. The zero-order valence-electron chi connectivity index (χ0n) is 22.9. The van der Waals surface area contributed by atoms with Gasteiger partial charge in [-0.1, -0.05) is 31.2 Å². The third-order valence-electron chi connectivity index (χ3n) is 5.75. The molecule has 38 heavy (non-hydrogen) atoms. The summed E-state index contributed by atoms with van der Waals surface area (Å²) in [6, 6.07) is 11.5. The Hall–Kier alpha value is -3.72. The molecule has 0 radical (unpaired) electrons. The molecule has 2 aromatic rings. The van der Waals surface area contributed by atoms with Gasteiger partial charge in [0.25, 0.3) is 0 Å². The van der Waals surface area contributed by atoms with Crippen molar-refractivity contribution in [2.24, 2.45) is 22.5 Å². The maximum Gasteiger partial charge on any atom is 0.338 e. The third kappa shape index (κ3) is 8.14. The van der Waals surface area contributed by atoms with Gasteiger partial charge in [0.1, 0.15) is 6.04 Å². The first-order valence-corrected chi connectivity index (χ1v) is 12.3. The average Bonchev–Trinajstić information content (AvgIpc) is 2.83. The second-order valence-electron chi connectivity index (χ2n) is 11.3. The number of ether oxygens (including phenoxy) is 3. The van der Waals surface area contributed by atoms with Gasteiger partial charge in [0.2, 0.25) is 0 Å².